The lowest BCUT2D eigenvalue weighted by molar-refractivity contribution is -0.139. The van der Waals surface area contributed by atoms with Gasteiger partial charge in [0.25, 0.3) is 0 Å². The summed E-state index contributed by atoms with van der Waals surface area (Å²) in [4.78, 5) is 23.9. The average molecular weight is 235 g/mol. The first kappa shape index (κ1) is 13.2. The van der Waals surface area contributed by atoms with Crippen LogP contribution < -0.4 is 0 Å². The number of likely N-dealkylation sites (N-methyl/N-ethyl adjacent to an activating group) is 1. The highest BCUT2D eigenvalue weighted by Crippen LogP contribution is 2.06. The second-order valence-corrected chi connectivity index (χ2v) is 4.11. The Hall–Kier alpha value is -1.84. The van der Waals surface area contributed by atoms with E-state index in [9.17, 15) is 9.59 Å². The molecule has 0 saturated carbocycles. The van der Waals surface area contributed by atoms with E-state index in [1.807, 2.05) is 30.3 Å². The quantitative estimate of drug-likeness (QED) is 0.842. The minimum atomic E-state index is -0.892. The molecule has 1 amide bonds. The fourth-order valence-corrected chi connectivity index (χ4v) is 1.53. The normalized spacial score (nSPS) is 11.9. The van der Waals surface area contributed by atoms with Crippen molar-refractivity contribution in [1.29, 1.82) is 0 Å². The van der Waals surface area contributed by atoms with Gasteiger partial charge < -0.3 is 10.0 Å². The summed E-state index contributed by atoms with van der Waals surface area (Å²) >= 11 is 0. The van der Waals surface area contributed by atoms with Crippen molar-refractivity contribution in [3.05, 3.63) is 35.9 Å². The molecule has 17 heavy (non-hydrogen) atoms. The van der Waals surface area contributed by atoms with Gasteiger partial charge in [0.2, 0.25) is 5.91 Å². The zero-order chi connectivity index (χ0) is 12.8. The predicted molar refractivity (Wildman–Crippen MR) is 64.6 cm³/mol. The van der Waals surface area contributed by atoms with Crippen molar-refractivity contribution in [2.75, 3.05) is 7.05 Å². The van der Waals surface area contributed by atoms with Crippen LogP contribution in [0.15, 0.2) is 30.3 Å². The molecule has 1 aromatic carbocycles. The van der Waals surface area contributed by atoms with Gasteiger partial charge in [-0.2, -0.15) is 0 Å². The van der Waals surface area contributed by atoms with Crippen LogP contribution >= 0.6 is 0 Å². The first-order chi connectivity index (χ1) is 8.00. The van der Waals surface area contributed by atoms with Gasteiger partial charge >= 0.3 is 5.97 Å². The molecule has 1 rings (SSSR count). The van der Waals surface area contributed by atoms with Crippen molar-refractivity contribution in [2.45, 2.75) is 25.8 Å². The SMILES string of the molecule is CC(CC(=O)O)N(C)C(=O)Cc1ccccc1. The van der Waals surface area contributed by atoms with Crippen LogP contribution in [-0.2, 0) is 16.0 Å². The van der Waals surface area contributed by atoms with Gasteiger partial charge in [-0.3, -0.25) is 9.59 Å². The summed E-state index contributed by atoms with van der Waals surface area (Å²) in [5.74, 6) is -0.957. The summed E-state index contributed by atoms with van der Waals surface area (Å²) in [6.07, 6.45) is 0.276. The van der Waals surface area contributed by atoms with Crippen LogP contribution in [0, 0.1) is 0 Å². The summed E-state index contributed by atoms with van der Waals surface area (Å²) in [6, 6.07) is 9.13. The van der Waals surface area contributed by atoms with E-state index in [0.717, 1.165) is 5.56 Å². The third-order valence-corrected chi connectivity index (χ3v) is 2.72. The van der Waals surface area contributed by atoms with Gasteiger partial charge in [-0.1, -0.05) is 30.3 Å². The molecule has 0 heterocycles. The van der Waals surface area contributed by atoms with Crippen molar-refractivity contribution in [2.24, 2.45) is 0 Å². The molecule has 0 aliphatic rings. The first-order valence-electron chi connectivity index (χ1n) is 5.52. The van der Waals surface area contributed by atoms with Crippen molar-refractivity contribution < 1.29 is 14.7 Å². The predicted octanol–water partition coefficient (Wildman–Crippen LogP) is 1.55. The highest BCUT2D eigenvalue weighted by atomic mass is 16.4. The van der Waals surface area contributed by atoms with Gasteiger partial charge in [0.15, 0.2) is 0 Å². The summed E-state index contributed by atoms with van der Waals surface area (Å²) in [5.41, 5.74) is 0.937. The summed E-state index contributed by atoms with van der Waals surface area (Å²) in [6.45, 7) is 1.73. The number of carbonyl (C=O) groups is 2. The van der Waals surface area contributed by atoms with Crippen molar-refractivity contribution >= 4 is 11.9 Å². The third-order valence-electron chi connectivity index (χ3n) is 2.72. The lowest BCUT2D eigenvalue weighted by Crippen LogP contribution is -2.37. The molecule has 4 nitrogen and oxygen atoms in total. The largest absolute Gasteiger partial charge is 0.481 e. The Bertz CT molecular complexity index is 389. The van der Waals surface area contributed by atoms with E-state index in [0.29, 0.717) is 6.42 Å². The monoisotopic (exact) mass is 235 g/mol. The molecule has 4 heteroatoms. The first-order valence-corrected chi connectivity index (χ1v) is 5.52. The number of aliphatic carboxylic acids is 1. The van der Waals surface area contributed by atoms with E-state index in [-0.39, 0.29) is 18.4 Å². The molecule has 1 aromatic rings. The van der Waals surface area contributed by atoms with Gasteiger partial charge in [-0.15, -0.1) is 0 Å². The molecule has 0 aliphatic heterocycles. The van der Waals surface area contributed by atoms with Crippen LogP contribution in [0.2, 0.25) is 0 Å². The number of rotatable bonds is 5. The summed E-state index contributed by atoms with van der Waals surface area (Å²) < 4.78 is 0. The van der Waals surface area contributed by atoms with Gasteiger partial charge in [-0.25, -0.2) is 0 Å². The molecule has 0 bridgehead atoms. The number of nitrogens with zero attached hydrogens (tertiary/aromatic N) is 1. The highest BCUT2D eigenvalue weighted by molar-refractivity contribution is 5.79. The van der Waals surface area contributed by atoms with Crippen LogP contribution in [0.25, 0.3) is 0 Å². The topological polar surface area (TPSA) is 57.6 Å². The third kappa shape index (κ3) is 4.26. The Morgan fingerprint density at radius 1 is 1.29 bits per heavy atom. The molecular weight excluding hydrogens is 218 g/mol. The molecule has 1 unspecified atom stereocenters. The van der Waals surface area contributed by atoms with Gasteiger partial charge in [0.05, 0.1) is 12.8 Å². The molecule has 1 N–H and O–H groups in total. The maximum Gasteiger partial charge on any atom is 0.305 e. The number of carbonyl (C=O) groups excluding carboxylic acids is 1. The van der Waals surface area contributed by atoms with Gasteiger partial charge in [-0.05, 0) is 12.5 Å². The molecule has 0 aromatic heterocycles. The molecule has 0 fully saturated rings. The van der Waals surface area contributed by atoms with E-state index < -0.39 is 5.97 Å². The van der Waals surface area contributed by atoms with Crippen LogP contribution in [0.1, 0.15) is 18.9 Å². The molecular formula is C13H17NO3. The Morgan fingerprint density at radius 2 is 1.88 bits per heavy atom. The number of hydrogen-bond acceptors (Lipinski definition) is 2. The van der Waals surface area contributed by atoms with E-state index in [2.05, 4.69) is 0 Å². The van der Waals surface area contributed by atoms with Crippen LogP contribution in [0.4, 0.5) is 0 Å². The van der Waals surface area contributed by atoms with E-state index >= 15 is 0 Å². The maximum atomic E-state index is 11.9. The van der Waals surface area contributed by atoms with Crippen molar-refractivity contribution in [1.82, 2.24) is 4.90 Å². The Kier molecular flexibility index (Phi) is 4.69. The lowest BCUT2D eigenvalue weighted by atomic mass is 10.1. The van der Waals surface area contributed by atoms with Crippen LogP contribution in [-0.4, -0.2) is 35.0 Å². The molecule has 0 radical (unpaired) electrons. The van der Waals surface area contributed by atoms with E-state index in [1.54, 1.807) is 14.0 Å². The van der Waals surface area contributed by atoms with E-state index in [1.165, 1.54) is 4.90 Å². The lowest BCUT2D eigenvalue weighted by Gasteiger charge is -2.23. The fraction of sp³-hybridized carbons (Fsp3) is 0.385. The van der Waals surface area contributed by atoms with Crippen LogP contribution in [0.3, 0.4) is 0 Å². The average Bonchev–Trinajstić information content (AvgIpc) is 2.28. The van der Waals surface area contributed by atoms with Crippen molar-refractivity contribution in [3.8, 4) is 0 Å². The number of hydrogen-bond donors (Lipinski definition) is 1. The standard InChI is InChI=1S/C13H17NO3/c1-10(8-13(16)17)14(2)12(15)9-11-6-4-3-5-7-11/h3-7,10H,8-9H2,1-2H3,(H,16,17). The Labute approximate surface area is 101 Å². The molecule has 92 valence electrons. The molecule has 0 saturated heterocycles. The van der Waals surface area contributed by atoms with Crippen LogP contribution in [0.5, 0.6) is 0 Å². The Balaban J connectivity index is 2.55. The number of benzene rings is 1. The summed E-state index contributed by atoms with van der Waals surface area (Å²) in [7, 11) is 1.64. The Morgan fingerprint density at radius 3 is 2.41 bits per heavy atom. The molecule has 0 aliphatic carbocycles. The fourth-order valence-electron chi connectivity index (χ4n) is 1.53. The minimum Gasteiger partial charge on any atom is -0.481 e. The highest BCUT2D eigenvalue weighted by Gasteiger charge is 2.18. The smallest absolute Gasteiger partial charge is 0.305 e. The van der Waals surface area contributed by atoms with E-state index in [4.69, 9.17) is 5.11 Å². The molecule has 0 spiro atoms. The second-order valence-electron chi connectivity index (χ2n) is 4.11. The number of carboxylic acids is 1. The number of carboxylic acid groups (broad SMARTS) is 1. The summed E-state index contributed by atoms with van der Waals surface area (Å²) in [5, 5.41) is 8.67. The minimum absolute atomic E-state index is 0.0307. The zero-order valence-electron chi connectivity index (χ0n) is 10.1. The van der Waals surface area contributed by atoms with Crippen molar-refractivity contribution in [3.63, 3.8) is 0 Å². The van der Waals surface area contributed by atoms with Gasteiger partial charge in [0.1, 0.15) is 0 Å². The van der Waals surface area contributed by atoms with Gasteiger partial charge in [0, 0.05) is 13.1 Å². The maximum absolute atomic E-state index is 11.9. The molecule has 1 atom stereocenters. The second kappa shape index (κ2) is 6.03. The zero-order valence-corrected chi connectivity index (χ0v) is 10.1. The number of amides is 1.